The van der Waals surface area contributed by atoms with Crippen molar-refractivity contribution in [3.8, 4) is 11.5 Å². The summed E-state index contributed by atoms with van der Waals surface area (Å²) in [5, 5.41) is 17.1. The van der Waals surface area contributed by atoms with Gasteiger partial charge < -0.3 is 25.2 Å². The van der Waals surface area contributed by atoms with E-state index in [-0.39, 0.29) is 30.1 Å². The van der Waals surface area contributed by atoms with Crippen molar-refractivity contribution in [3.63, 3.8) is 0 Å². The first kappa shape index (κ1) is 24.4. The molecule has 1 aliphatic carbocycles. The first-order valence-corrected chi connectivity index (χ1v) is 11.4. The molecule has 1 unspecified atom stereocenters. The highest BCUT2D eigenvalue weighted by atomic mass is 127. The van der Waals surface area contributed by atoms with Gasteiger partial charge in [-0.05, 0) is 56.9 Å². The highest BCUT2D eigenvalue weighted by molar-refractivity contribution is 14.0. The third-order valence-electron chi connectivity index (χ3n) is 5.29. The molecule has 0 bridgehead atoms. The molecule has 29 heavy (non-hydrogen) atoms. The third-order valence-corrected chi connectivity index (χ3v) is 6.52. The second-order valence-electron chi connectivity index (χ2n) is 7.57. The minimum absolute atomic E-state index is 0. The van der Waals surface area contributed by atoms with Gasteiger partial charge in [-0.25, -0.2) is 4.99 Å². The first-order valence-electron chi connectivity index (χ1n) is 10.3. The van der Waals surface area contributed by atoms with Crippen LogP contribution in [0.25, 0.3) is 0 Å². The van der Waals surface area contributed by atoms with E-state index in [2.05, 4.69) is 10.6 Å². The topological polar surface area (TPSA) is 75.1 Å². The van der Waals surface area contributed by atoms with Crippen molar-refractivity contribution < 1.29 is 14.6 Å². The zero-order valence-corrected chi connectivity index (χ0v) is 20.6. The van der Waals surface area contributed by atoms with Crippen molar-refractivity contribution in [1.29, 1.82) is 0 Å². The molecule has 0 radical (unpaired) electrons. The van der Waals surface area contributed by atoms with Gasteiger partial charge in [-0.3, -0.25) is 0 Å². The van der Waals surface area contributed by atoms with Crippen LogP contribution in [0.4, 0.5) is 0 Å². The molecule has 0 aromatic heterocycles. The SMILES string of the molecule is CCNC(=NCc1ccc(OC)cc1OC1CCCC1)NCC1(O)CCSC1.I. The Hall–Kier alpha value is -0.870. The Morgan fingerprint density at radius 2 is 2.10 bits per heavy atom. The molecular formula is C21H34IN3O3S. The van der Waals surface area contributed by atoms with Crippen LogP contribution in [0.15, 0.2) is 23.2 Å². The van der Waals surface area contributed by atoms with E-state index in [1.54, 1.807) is 18.9 Å². The molecule has 0 amide bonds. The predicted molar refractivity (Wildman–Crippen MR) is 131 cm³/mol. The summed E-state index contributed by atoms with van der Waals surface area (Å²) in [4.78, 5) is 4.72. The highest BCUT2D eigenvalue weighted by Gasteiger charge is 2.31. The molecule has 0 spiro atoms. The van der Waals surface area contributed by atoms with Crippen LogP contribution in [0.3, 0.4) is 0 Å². The Bertz CT molecular complexity index is 663. The molecule has 3 N–H and O–H groups in total. The maximum absolute atomic E-state index is 10.6. The van der Waals surface area contributed by atoms with E-state index in [4.69, 9.17) is 14.5 Å². The lowest BCUT2D eigenvalue weighted by molar-refractivity contribution is 0.0724. The van der Waals surface area contributed by atoms with Gasteiger partial charge in [0.25, 0.3) is 0 Å². The summed E-state index contributed by atoms with van der Waals surface area (Å²) in [7, 11) is 1.67. The largest absolute Gasteiger partial charge is 0.497 e. The fraction of sp³-hybridized carbons (Fsp3) is 0.667. The van der Waals surface area contributed by atoms with Crippen molar-refractivity contribution in [2.24, 2.45) is 4.99 Å². The van der Waals surface area contributed by atoms with Gasteiger partial charge in [0.05, 0.1) is 25.4 Å². The number of aliphatic imine (C=N–C) groups is 1. The summed E-state index contributed by atoms with van der Waals surface area (Å²) in [6, 6.07) is 5.94. The fourth-order valence-corrected chi connectivity index (χ4v) is 4.87. The average Bonchev–Trinajstić information content (AvgIpc) is 3.37. The minimum Gasteiger partial charge on any atom is -0.497 e. The van der Waals surface area contributed by atoms with Crippen LogP contribution in [-0.2, 0) is 6.54 Å². The Labute approximate surface area is 195 Å². The summed E-state index contributed by atoms with van der Waals surface area (Å²) in [5.74, 6) is 4.16. The number of hydrogen-bond acceptors (Lipinski definition) is 5. The molecule has 2 fully saturated rings. The summed E-state index contributed by atoms with van der Waals surface area (Å²) in [5.41, 5.74) is 0.401. The molecular weight excluding hydrogens is 501 g/mol. The molecule has 1 saturated heterocycles. The lowest BCUT2D eigenvalue weighted by Gasteiger charge is -2.23. The van der Waals surface area contributed by atoms with Gasteiger partial charge in [-0.1, -0.05) is 0 Å². The normalized spacial score (nSPS) is 22.2. The zero-order chi connectivity index (χ0) is 19.8. The number of hydrogen-bond donors (Lipinski definition) is 3. The van der Waals surface area contributed by atoms with Crippen LogP contribution >= 0.6 is 35.7 Å². The molecule has 8 heteroatoms. The smallest absolute Gasteiger partial charge is 0.191 e. The molecule has 1 atom stereocenters. The Balaban J connectivity index is 0.00000300. The number of rotatable bonds is 8. The standard InChI is InChI=1S/C21H33N3O3S.HI/c1-3-22-20(24-14-21(25)10-11-28-15-21)23-13-16-8-9-18(26-2)12-19(16)27-17-6-4-5-7-17;/h8-9,12,17,25H,3-7,10-11,13-15H2,1-2H3,(H2,22,23,24);1H. The van der Waals surface area contributed by atoms with Gasteiger partial charge in [0.2, 0.25) is 0 Å². The van der Waals surface area contributed by atoms with Crippen LogP contribution in [0.5, 0.6) is 11.5 Å². The van der Waals surface area contributed by atoms with Gasteiger partial charge in [0.1, 0.15) is 11.5 Å². The number of ether oxygens (including phenoxy) is 2. The third kappa shape index (κ3) is 7.40. The molecule has 164 valence electrons. The molecule has 6 nitrogen and oxygen atoms in total. The van der Waals surface area contributed by atoms with E-state index in [1.807, 2.05) is 25.1 Å². The molecule has 1 aromatic carbocycles. The van der Waals surface area contributed by atoms with Crippen molar-refractivity contribution in [2.75, 3.05) is 31.7 Å². The summed E-state index contributed by atoms with van der Waals surface area (Å²) in [6.45, 7) is 3.83. The number of halogens is 1. The number of methoxy groups -OCH3 is 1. The van der Waals surface area contributed by atoms with Gasteiger partial charge in [0, 0.05) is 30.5 Å². The number of aliphatic hydroxyl groups is 1. The zero-order valence-electron chi connectivity index (χ0n) is 17.4. The predicted octanol–water partition coefficient (Wildman–Crippen LogP) is 3.56. The number of benzene rings is 1. The molecule has 1 aromatic rings. The summed E-state index contributed by atoms with van der Waals surface area (Å²) in [6.07, 6.45) is 5.80. The number of nitrogens with one attached hydrogen (secondary N) is 2. The van der Waals surface area contributed by atoms with Crippen LogP contribution in [0, 0.1) is 0 Å². The number of guanidine groups is 1. The van der Waals surface area contributed by atoms with Crippen molar-refractivity contribution in [3.05, 3.63) is 23.8 Å². The average molecular weight is 535 g/mol. The second kappa shape index (κ2) is 12.1. The fourth-order valence-electron chi connectivity index (χ4n) is 3.58. The molecule has 1 aliphatic heterocycles. The Morgan fingerprint density at radius 3 is 2.76 bits per heavy atom. The van der Waals surface area contributed by atoms with Crippen LogP contribution in [0.1, 0.15) is 44.6 Å². The molecule has 2 aliphatic rings. The summed E-state index contributed by atoms with van der Waals surface area (Å²) >= 11 is 1.80. The van der Waals surface area contributed by atoms with Gasteiger partial charge in [-0.15, -0.1) is 24.0 Å². The van der Waals surface area contributed by atoms with E-state index in [1.165, 1.54) is 12.8 Å². The lowest BCUT2D eigenvalue weighted by Crippen LogP contribution is -2.47. The van der Waals surface area contributed by atoms with E-state index in [9.17, 15) is 5.11 Å². The Morgan fingerprint density at radius 1 is 1.31 bits per heavy atom. The lowest BCUT2D eigenvalue weighted by atomic mass is 10.0. The quantitative estimate of drug-likeness (QED) is 0.269. The van der Waals surface area contributed by atoms with Crippen LogP contribution in [0.2, 0.25) is 0 Å². The van der Waals surface area contributed by atoms with E-state index < -0.39 is 5.60 Å². The maximum Gasteiger partial charge on any atom is 0.191 e. The van der Waals surface area contributed by atoms with Crippen molar-refractivity contribution in [1.82, 2.24) is 10.6 Å². The van der Waals surface area contributed by atoms with Gasteiger partial charge in [-0.2, -0.15) is 11.8 Å². The van der Waals surface area contributed by atoms with Gasteiger partial charge >= 0.3 is 0 Å². The first-order chi connectivity index (χ1) is 13.6. The molecule has 3 rings (SSSR count). The van der Waals surface area contributed by atoms with Gasteiger partial charge in [0.15, 0.2) is 5.96 Å². The van der Waals surface area contributed by atoms with E-state index in [0.717, 1.165) is 60.3 Å². The number of thioether (sulfide) groups is 1. The highest BCUT2D eigenvalue weighted by Crippen LogP contribution is 2.30. The second-order valence-corrected chi connectivity index (χ2v) is 8.68. The monoisotopic (exact) mass is 535 g/mol. The number of nitrogens with zero attached hydrogens (tertiary/aromatic N) is 1. The molecule has 1 heterocycles. The van der Waals surface area contributed by atoms with Crippen LogP contribution in [-0.4, -0.2) is 54.5 Å². The molecule has 1 saturated carbocycles. The minimum atomic E-state index is -0.641. The Kier molecular flexibility index (Phi) is 10.2. The van der Waals surface area contributed by atoms with Crippen LogP contribution < -0.4 is 20.1 Å². The maximum atomic E-state index is 10.6. The van der Waals surface area contributed by atoms with Crippen molar-refractivity contribution >= 4 is 41.7 Å². The van der Waals surface area contributed by atoms with E-state index in [0.29, 0.717) is 13.1 Å². The summed E-state index contributed by atoms with van der Waals surface area (Å²) < 4.78 is 11.6. The van der Waals surface area contributed by atoms with E-state index >= 15 is 0 Å². The van der Waals surface area contributed by atoms with Crippen molar-refractivity contribution in [2.45, 2.75) is 57.3 Å².